The van der Waals surface area contributed by atoms with Crippen LogP contribution in [-0.2, 0) is 25.7 Å². The highest BCUT2D eigenvalue weighted by Crippen LogP contribution is 2.26. The van der Waals surface area contributed by atoms with Gasteiger partial charge in [0.1, 0.15) is 12.6 Å². The topological polar surface area (TPSA) is 161 Å². The van der Waals surface area contributed by atoms with E-state index in [0.29, 0.717) is 31.0 Å². The summed E-state index contributed by atoms with van der Waals surface area (Å²) in [5.41, 5.74) is 6.73. The predicted molar refractivity (Wildman–Crippen MR) is 186 cm³/mol. The van der Waals surface area contributed by atoms with Gasteiger partial charge in [0, 0.05) is 18.8 Å². The second-order valence-corrected chi connectivity index (χ2v) is 14.1. The van der Waals surface area contributed by atoms with Crippen molar-refractivity contribution >= 4 is 37.2 Å². The molecule has 1 aromatic carbocycles. The standard InChI is InChI=1S/C34H60BN5O6/c1-23(2)20-27(21-34(5,6)7)45-19-10-8-9-17-37-29(24(3)4)31(42)40-28(12-11-18-38-33(36)44)30(41)39-26-15-13-25(14-16-26)22-46-32(35)43/h13-16,23-24,27-29,37H,8-12,17-22,35H2,1-7H3,(H,39,41)(H,40,42)(H3,36,38,44)/t27?,28-,29-/m0/s1. The molecule has 1 unspecified atom stereocenters. The van der Waals surface area contributed by atoms with Gasteiger partial charge in [-0.05, 0) is 86.4 Å². The lowest BCUT2D eigenvalue weighted by atomic mass is 9.86. The first-order valence-electron chi connectivity index (χ1n) is 16.8. The molecule has 12 heteroatoms. The molecule has 46 heavy (non-hydrogen) atoms. The van der Waals surface area contributed by atoms with Gasteiger partial charge in [0.15, 0.2) is 0 Å². The SMILES string of the molecule is BC(=O)OCc1ccc(NC(=O)[C@H](CCCNC(N)=O)NC(=O)[C@@H](NCCCCCOC(CC(C)C)CC(C)(C)C)C(C)C)cc1. The van der Waals surface area contributed by atoms with E-state index < -0.39 is 18.1 Å². The van der Waals surface area contributed by atoms with Crippen molar-refractivity contribution in [2.24, 2.45) is 23.0 Å². The average Bonchev–Trinajstić information content (AvgIpc) is 2.93. The zero-order valence-electron chi connectivity index (χ0n) is 29.5. The van der Waals surface area contributed by atoms with Crippen molar-refractivity contribution in [3.8, 4) is 0 Å². The molecule has 260 valence electrons. The molecule has 6 N–H and O–H groups in total. The van der Waals surface area contributed by atoms with Crippen molar-refractivity contribution in [1.82, 2.24) is 16.0 Å². The number of nitrogens with two attached hydrogens (primary N) is 1. The normalized spacial score (nSPS) is 13.6. The molecular weight excluding hydrogens is 585 g/mol. The van der Waals surface area contributed by atoms with Crippen LogP contribution in [0.2, 0.25) is 0 Å². The van der Waals surface area contributed by atoms with Gasteiger partial charge in [0.05, 0.1) is 12.1 Å². The lowest BCUT2D eigenvalue weighted by Gasteiger charge is -2.27. The van der Waals surface area contributed by atoms with Crippen LogP contribution in [0.15, 0.2) is 24.3 Å². The number of carbonyl (C=O) groups is 4. The van der Waals surface area contributed by atoms with Gasteiger partial charge in [-0.3, -0.25) is 14.4 Å². The Hall–Kier alpha value is -3.12. The van der Waals surface area contributed by atoms with Crippen LogP contribution in [0.5, 0.6) is 0 Å². The number of anilines is 1. The van der Waals surface area contributed by atoms with E-state index in [1.807, 2.05) is 13.8 Å². The highest BCUT2D eigenvalue weighted by atomic mass is 16.5. The highest BCUT2D eigenvalue weighted by Gasteiger charge is 2.27. The third kappa shape index (κ3) is 19.4. The first kappa shape index (κ1) is 40.9. The van der Waals surface area contributed by atoms with E-state index in [9.17, 15) is 19.2 Å². The lowest BCUT2D eigenvalue weighted by molar-refractivity contribution is -0.128. The number of nitrogens with one attached hydrogen (secondary N) is 4. The Morgan fingerprint density at radius 3 is 2.15 bits per heavy atom. The molecule has 4 amide bonds. The fourth-order valence-electron chi connectivity index (χ4n) is 5.11. The number of hydrogen-bond acceptors (Lipinski definition) is 7. The molecule has 0 fully saturated rings. The minimum Gasteiger partial charge on any atom is -0.469 e. The van der Waals surface area contributed by atoms with E-state index in [1.165, 1.54) is 7.85 Å². The number of amides is 4. The molecule has 0 spiro atoms. The van der Waals surface area contributed by atoms with E-state index in [4.69, 9.17) is 15.2 Å². The van der Waals surface area contributed by atoms with Crippen molar-refractivity contribution in [3.05, 3.63) is 29.8 Å². The molecule has 1 rings (SSSR count). The van der Waals surface area contributed by atoms with Crippen LogP contribution in [0, 0.1) is 17.3 Å². The smallest absolute Gasteiger partial charge is 0.312 e. The maximum absolute atomic E-state index is 13.4. The number of hydrogen-bond donors (Lipinski definition) is 5. The van der Waals surface area contributed by atoms with E-state index in [0.717, 1.165) is 44.3 Å². The van der Waals surface area contributed by atoms with Crippen LogP contribution in [0.1, 0.15) is 99.0 Å². The molecule has 3 atom stereocenters. The number of rotatable bonds is 22. The molecule has 0 aliphatic heterocycles. The Balaban J connectivity index is 2.69. The zero-order valence-corrected chi connectivity index (χ0v) is 29.5. The number of carbonyl (C=O) groups excluding carboxylic acids is 4. The summed E-state index contributed by atoms with van der Waals surface area (Å²) in [6.45, 7) is 17.0. The Bertz CT molecular complexity index is 1060. The fourth-order valence-corrected chi connectivity index (χ4v) is 5.11. The number of primary amides is 1. The lowest BCUT2D eigenvalue weighted by Crippen LogP contribution is -2.53. The van der Waals surface area contributed by atoms with Crippen LogP contribution in [0.25, 0.3) is 0 Å². The molecule has 1 aromatic rings. The predicted octanol–water partition coefficient (Wildman–Crippen LogP) is 4.48. The van der Waals surface area contributed by atoms with Gasteiger partial charge in [-0.25, -0.2) is 4.79 Å². The molecule has 0 heterocycles. The van der Waals surface area contributed by atoms with Crippen LogP contribution < -0.4 is 27.0 Å². The minimum absolute atomic E-state index is 0.00234. The first-order chi connectivity index (χ1) is 21.6. The van der Waals surface area contributed by atoms with Gasteiger partial charge in [-0.1, -0.05) is 60.6 Å². The molecule has 0 aliphatic carbocycles. The van der Waals surface area contributed by atoms with Crippen molar-refractivity contribution < 1.29 is 28.7 Å². The molecule has 0 aromatic heterocycles. The molecule has 0 bridgehead atoms. The van der Waals surface area contributed by atoms with Crippen molar-refractivity contribution in [3.63, 3.8) is 0 Å². The van der Waals surface area contributed by atoms with Crippen LogP contribution in [0.3, 0.4) is 0 Å². The summed E-state index contributed by atoms with van der Waals surface area (Å²) in [5, 5.41) is 11.7. The molecular formula is C34H60BN5O6. The summed E-state index contributed by atoms with van der Waals surface area (Å²) in [7, 11) is 1.34. The van der Waals surface area contributed by atoms with Crippen LogP contribution >= 0.6 is 0 Å². The quantitative estimate of drug-likeness (QED) is 0.0918. The van der Waals surface area contributed by atoms with E-state index in [1.54, 1.807) is 24.3 Å². The molecule has 0 radical (unpaired) electrons. The molecule has 0 saturated carbocycles. The Labute approximate surface area is 277 Å². The number of benzene rings is 1. The summed E-state index contributed by atoms with van der Waals surface area (Å²) in [6.07, 6.45) is 5.99. The Morgan fingerprint density at radius 1 is 0.913 bits per heavy atom. The van der Waals surface area contributed by atoms with Gasteiger partial charge in [-0.15, -0.1) is 0 Å². The van der Waals surface area contributed by atoms with Crippen molar-refractivity contribution in [1.29, 1.82) is 0 Å². The summed E-state index contributed by atoms with van der Waals surface area (Å²) in [5.74, 6) is -0.397. The Morgan fingerprint density at radius 2 is 1.59 bits per heavy atom. The third-order valence-electron chi connectivity index (χ3n) is 7.33. The van der Waals surface area contributed by atoms with Gasteiger partial charge in [-0.2, -0.15) is 0 Å². The summed E-state index contributed by atoms with van der Waals surface area (Å²) < 4.78 is 11.3. The highest BCUT2D eigenvalue weighted by molar-refractivity contribution is 6.55. The Kier molecular flexibility index (Phi) is 19.2. The van der Waals surface area contributed by atoms with Gasteiger partial charge < -0.3 is 36.5 Å². The summed E-state index contributed by atoms with van der Waals surface area (Å²) >= 11 is 0. The average molecular weight is 646 g/mol. The number of ether oxygens (including phenoxy) is 2. The van der Waals surface area contributed by atoms with Gasteiger partial charge >= 0.3 is 6.03 Å². The van der Waals surface area contributed by atoms with Gasteiger partial charge in [0.25, 0.3) is 0 Å². The van der Waals surface area contributed by atoms with E-state index in [-0.39, 0.29) is 48.3 Å². The monoisotopic (exact) mass is 645 g/mol. The largest absolute Gasteiger partial charge is 0.469 e. The maximum atomic E-state index is 13.4. The molecule has 0 saturated heterocycles. The number of unbranched alkanes of at least 4 members (excludes halogenated alkanes) is 2. The van der Waals surface area contributed by atoms with E-state index >= 15 is 0 Å². The van der Waals surface area contributed by atoms with Crippen LogP contribution in [0.4, 0.5) is 15.3 Å². The third-order valence-corrected chi connectivity index (χ3v) is 7.33. The maximum Gasteiger partial charge on any atom is 0.312 e. The van der Waals surface area contributed by atoms with Gasteiger partial charge in [0.2, 0.25) is 25.5 Å². The number of urea groups is 1. The minimum atomic E-state index is -0.824. The second kappa shape index (κ2) is 21.6. The first-order valence-corrected chi connectivity index (χ1v) is 16.8. The van der Waals surface area contributed by atoms with Crippen molar-refractivity contribution in [2.45, 2.75) is 118 Å². The van der Waals surface area contributed by atoms with Crippen LogP contribution in [-0.4, -0.2) is 69.4 Å². The molecule has 0 aliphatic rings. The van der Waals surface area contributed by atoms with Crippen molar-refractivity contribution in [2.75, 3.05) is 25.0 Å². The zero-order chi connectivity index (χ0) is 34.7. The summed E-state index contributed by atoms with van der Waals surface area (Å²) in [4.78, 5) is 48.8. The summed E-state index contributed by atoms with van der Waals surface area (Å²) in [6, 6.07) is 4.99. The molecule has 11 nitrogen and oxygen atoms in total. The second-order valence-electron chi connectivity index (χ2n) is 14.1. The van der Waals surface area contributed by atoms with E-state index in [2.05, 4.69) is 55.9 Å². The fraction of sp³-hybridized carbons (Fsp3) is 0.706.